The maximum atomic E-state index is 6.02. The van der Waals surface area contributed by atoms with E-state index in [1.165, 1.54) is 0 Å². The molecule has 2 N–H and O–H groups in total. The summed E-state index contributed by atoms with van der Waals surface area (Å²) in [5, 5.41) is 0. The van der Waals surface area contributed by atoms with Gasteiger partial charge in [0, 0.05) is 0 Å². The average Bonchev–Trinajstić information content (AvgIpc) is 2.50. The summed E-state index contributed by atoms with van der Waals surface area (Å²) in [6.45, 7) is 13.6. The van der Waals surface area contributed by atoms with Crippen LogP contribution in [-0.4, -0.2) is 18.3 Å². The Bertz CT molecular complexity index is 524. The lowest BCUT2D eigenvalue weighted by atomic mass is 9.78. The molecular formula is C15H22BNO3. The van der Waals surface area contributed by atoms with E-state index in [0.29, 0.717) is 5.75 Å². The molecule has 1 heterocycles. The van der Waals surface area contributed by atoms with Gasteiger partial charge < -0.3 is 19.8 Å². The third-order valence-electron chi connectivity index (χ3n) is 3.97. The van der Waals surface area contributed by atoms with E-state index in [1.54, 1.807) is 0 Å². The molecule has 1 aliphatic heterocycles. The van der Waals surface area contributed by atoms with Gasteiger partial charge in [0.25, 0.3) is 0 Å². The van der Waals surface area contributed by atoms with Crippen molar-refractivity contribution in [1.29, 1.82) is 0 Å². The van der Waals surface area contributed by atoms with Crippen molar-refractivity contribution in [1.82, 2.24) is 0 Å². The molecule has 0 atom stereocenters. The molecule has 1 aromatic carbocycles. The number of nitrogens with two attached hydrogens (primary N) is 1. The van der Waals surface area contributed by atoms with Crippen LogP contribution in [0.2, 0.25) is 0 Å². The Morgan fingerprint density at radius 2 is 1.75 bits per heavy atom. The summed E-state index contributed by atoms with van der Waals surface area (Å²) in [6, 6.07) is 5.77. The number of ether oxygens (including phenoxy) is 1. The summed E-state index contributed by atoms with van der Waals surface area (Å²) in [5.41, 5.74) is 6.71. The van der Waals surface area contributed by atoms with E-state index in [4.69, 9.17) is 19.8 Å². The van der Waals surface area contributed by atoms with Gasteiger partial charge >= 0.3 is 7.12 Å². The highest BCUT2D eigenvalue weighted by atomic mass is 16.7. The molecule has 0 radical (unpaired) electrons. The number of hydrogen-bond acceptors (Lipinski definition) is 4. The Morgan fingerprint density at radius 1 is 1.20 bits per heavy atom. The Kier molecular flexibility index (Phi) is 3.61. The normalized spacial score (nSPS) is 19.9. The maximum Gasteiger partial charge on any atom is 0.494 e. The van der Waals surface area contributed by atoms with Crippen molar-refractivity contribution in [3.63, 3.8) is 0 Å². The van der Waals surface area contributed by atoms with Gasteiger partial charge in [-0.05, 0) is 58.3 Å². The lowest BCUT2D eigenvalue weighted by Gasteiger charge is -2.32. The second kappa shape index (κ2) is 4.83. The van der Waals surface area contributed by atoms with Crippen LogP contribution in [0.3, 0.4) is 0 Å². The highest BCUT2D eigenvalue weighted by molar-refractivity contribution is 6.62. The van der Waals surface area contributed by atoms with Gasteiger partial charge in [-0.1, -0.05) is 12.1 Å². The van der Waals surface area contributed by atoms with E-state index >= 15 is 0 Å². The van der Waals surface area contributed by atoms with Gasteiger partial charge in [-0.15, -0.1) is 0 Å². The van der Waals surface area contributed by atoms with Crippen LogP contribution in [0.1, 0.15) is 33.3 Å². The SMILES string of the molecule is C=C(N)Oc1ccc(B2OC(C)(C)C(C)(C)O2)cc1C. The van der Waals surface area contributed by atoms with Gasteiger partial charge in [-0.2, -0.15) is 0 Å². The molecule has 1 aromatic rings. The number of rotatable bonds is 3. The van der Waals surface area contributed by atoms with Crippen molar-refractivity contribution in [2.75, 3.05) is 0 Å². The van der Waals surface area contributed by atoms with E-state index in [-0.39, 0.29) is 24.2 Å². The zero-order chi connectivity index (χ0) is 15.1. The van der Waals surface area contributed by atoms with Gasteiger partial charge in [0.05, 0.1) is 11.2 Å². The van der Waals surface area contributed by atoms with E-state index in [9.17, 15) is 0 Å². The van der Waals surface area contributed by atoms with Gasteiger partial charge in [-0.25, -0.2) is 0 Å². The monoisotopic (exact) mass is 275 g/mol. The molecule has 0 saturated carbocycles. The average molecular weight is 275 g/mol. The van der Waals surface area contributed by atoms with E-state index in [2.05, 4.69) is 6.58 Å². The second-order valence-corrected chi connectivity index (χ2v) is 6.18. The zero-order valence-corrected chi connectivity index (χ0v) is 12.8. The first-order valence-electron chi connectivity index (χ1n) is 6.71. The smallest absolute Gasteiger partial charge is 0.442 e. The molecule has 1 aliphatic rings. The molecule has 0 amide bonds. The Labute approximate surface area is 121 Å². The fraction of sp³-hybridized carbons (Fsp3) is 0.467. The number of benzene rings is 1. The van der Waals surface area contributed by atoms with Crippen LogP contribution in [0, 0.1) is 6.92 Å². The van der Waals surface area contributed by atoms with Gasteiger partial charge in [0.2, 0.25) is 0 Å². The fourth-order valence-corrected chi connectivity index (χ4v) is 2.05. The summed E-state index contributed by atoms with van der Waals surface area (Å²) < 4.78 is 17.4. The third-order valence-corrected chi connectivity index (χ3v) is 3.97. The predicted molar refractivity (Wildman–Crippen MR) is 80.9 cm³/mol. The van der Waals surface area contributed by atoms with Crippen LogP contribution < -0.4 is 15.9 Å². The minimum absolute atomic E-state index is 0.177. The van der Waals surface area contributed by atoms with Crippen molar-refractivity contribution < 1.29 is 14.0 Å². The van der Waals surface area contributed by atoms with E-state index < -0.39 is 0 Å². The summed E-state index contributed by atoms with van der Waals surface area (Å²) >= 11 is 0. The van der Waals surface area contributed by atoms with E-state index in [0.717, 1.165) is 11.0 Å². The molecule has 20 heavy (non-hydrogen) atoms. The number of aryl methyl sites for hydroxylation is 1. The van der Waals surface area contributed by atoms with Gasteiger partial charge in [-0.3, -0.25) is 0 Å². The molecule has 0 aromatic heterocycles. The van der Waals surface area contributed by atoms with Crippen molar-refractivity contribution in [3.05, 3.63) is 36.2 Å². The first-order chi connectivity index (χ1) is 9.12. The topological polar surface area (TPSA) is 53.7 Å². The second-order valence-electron chi connectivity index (χ2n) is 6.18. The maximum absolute atomic E-state index is 6.02. The number of hydrogen-bond donors (Lipinski definition) is 1. The largest absolute Gasteiger partial charge is 0.494 e. The summed E-state index contributed by atoms with van der Waals surface area (Å²) in [7, 11) is -0.367. The van der Waals surface area contributed by atoms with Crippen molar-refractivity contribution >= 4 is 12.6 Å². The third kappa shape index (κ3) is 2.69. The van der Waals surface area contributed by atoms with Crippen LogP contribution in [0.5, 0.6) is 5.75 Å². The van der Waals surface area contributed by atoms with E-state index in [1.807, 2.05) is 52.8 Å². The van der Waals surface area contributed by atoms with Gasteiger partial charge in [0.1, 0.15) is 5.75 Å². The molecule has 0 unspecified atom stereocenters. The first kappa shape index (κ1) is 14.9. The van der Waals surface area contributed by atoms with Crippen LogP contribution in [0.25, 0.3) is 0 Å². The fourth-order valence-electron chi connectivity index (χ4n) is 2.05. The standard InChI is InChI=1S/C15H22BNO3/c1-10-9-12(7-8-13(10)18-11(2)17)16-19-14(3,4)15(5,6)20-16/h7-9H,2,17H2,1,3-6H3. The highest BCUT2D eigenvalue weighted by Crippen LogP contribution is 2.36. The Balaban J connectivity index is 2.24. The van der Waals surface area contributed by atoms with Crippen LogP contribution in [0.4, 0.5) is 0 Å². The highest BCUT2D eigenvalue weighted by Gasteiger charge is 2.51. The molecule has 0 bridgehead atoms. The molecular weight excluding hydrogens is 253 g/mol. The summed E-state index contributed by atoms with van der Waals surface area (Å²) in [4.78, 5) is 0. The molecule has 1 saturated heterocycles. The molecule has 4 nitrogen and oxygen atoms in total. The van der Waals surface area contributed by atoms with Crippen molar-refractivity contribution in [3.8, 4) is 5.75 Å². The van der Waals surface area contributed by atoms with Crippen molar-refractivity contribution in [2.45, 2.75) is 45.8 Å². The molecule has 5 heteroatoms. The lowest BCUT2D eigenvalue weighted by molar-refractivity contribution is 0.00578. The van der Waals surface area contributed by atoms with Crippen LogP contribution in [0.15, 0.2) is 30.7 Å². The van der Waals surface area contributed by atoms with Crippen LogP contribution in [-0.2, 0) is 9.31 Å². The summed E-state index contributed by atoms with van der Waals surface area (Å²) in [6.07, 6.45) is 0. The minimum Gasteiger partial charge on any atom is -0.442 e. The van der Waals surface area contributed by atoms with Gasteiger partial charge in [0.15, 0.2) is 5.88 Å². The lowest BCUT2D eigenvalue weighted by Crippen LogP contribution is -2.41. The zero-order valence-electron chi connectivity index (χ0n) is 12.8. The Morgan fingerprint density at radius 3 is 2.20 bits per heavy atom. The summed E-state index contributed by atoms with van der Waals surface area (Å²) in [5.74, 6) is 0.870. The molecule has 2 rings (SSSR count). The van der Waals surface area contributed by atoms with Crippen molar-refractivity contribution in [2.24, 2.45) is 5.73 Å². The minimum atomic E-state index is -0.367. The molecule has 1 fully saturated rings. The Hall–Kier alpha value is -1.46. The predicted octanol–water partition coefficient (Wildman–Crippen LogP) is 2.10. The quantitative estimate of drug-likeness (QED) is 0.678. The van der Waals surface area contributed by atoms with Crippen LogP contribution >= 0.6 is 0 Å². The molecule has 0 spiro atoms. The molecule has 0 aliphatic carbocycles. The molecule has 108 valence electrons. The first-order valence-corrected chi connectivity index (χ1v) is 6.71.